The van der Waals surface area contributed by atoms with Crippen LogP contribution in [0.3, 0.4) is 0 Å². The SMILES string of the molecule is CC(NCc1cccc2ccccc12)c1ncc[nH]1. The number of benzene rings is 2. The Morgan fingerprint density at radius 2 is 2.00 bits per heavy atom. The van der Waals surface area contributed by atoms with E-state index in [1.807, 2.05) is 6.20 Å². The lowest BCUT2D eigenvalue weighted by molar-refractivity contribution is 0.552. The summed E-state index contributed by atoms with van der Waals surface area (Å²) in [5.41, 5.74) is 1.32. The first kappa shape index (κ1) is 11.9. The first-order chi connectivity index (χ1) is 9.34. The molecule has 1 aromatic heterocycles. The molecule has 0 amide bonds. The molecule has 1 unspecified atom stereocenters. The second-order valence-electron chi connectivity index (χ2n) is 4.72. The highest BCUT2D eigenvalue weighted by atomic mass is 15.0. The van der Waals surface area contributed by atoms with Crippen LogP contribution in [0.25, 0.3) is 10.8 Å². The summed E-state index contributed by atoms with van der Waals surface area (Å²) in [5.74, 6) is 0.972. The van der Waals surface area contributed by atoms with Crippen LogP contribution in [-0.2, 0) is 6.54 Å². The van der Waals surface area contributed by atoms with Gasteiger partial charge >= 0.3 is 0 Å². The van der Waals surface area contributed by atoms with Crippen LogP contribution in [0.5, 0.6) is 0 Å². The molecule has 0 spiro atoms. The van der Waals surface area contributed by atoms with Gasteiger partial charge in [-0.05, 0) is 23.3 Å². The molecule has 0 saturated carbocycles. The summed E-state index contributed by atoms with van der Waals surface area (Å²) in [6.07, 6.45) is 3.64. The van der Waals surface area contributed by atoms with Crippen LogP contribution in [0.2, 0.25) is 0 Å². The third-order valence-electron chi connectivity index (χ3n) is 3.41. The van der Waals surface area contributed by atoms with E-state index in [4.69, 9.17) is 0 Å². The van der Waals surface area contributed by atoms with Crippen molar-refractivity contribution in [3.8, 4) is 0 Å². The Hall–Kier alpha value is -2.13. The Morgan fingerprint density at radius 3 is 2.84 bits per heavy atom. The van der Waals surface area contributed by atoms with Crippen molar-refractivity contribution in [2.24, 2.45) is 0 Å². The molecule has 19 heavy (non-hydrogen) atoms. The molecular formula is C16H17N3. The van der Waals surface area contributed by atoms with Gasteiger partial charge < -0.3 is 10.3 Å². The molecule has 0 fully saturated rings. The summed E-state index contributed by atoms with van der Waals surface area (Å²) in [4.78, 5) is 7.41. The minimum atomic E-state index is 0.217. The fraction of sp³-hybridized carbons (Fsp3) is 0.188. The van der Waals surface area contributed by atoms with E-state index in [2.05, 4.69) is 64.7 Å². The normalized spacial score (nSPS) is 12.7. The van der Waals surface area contributed by atoms with Crippen molar-refractivity contribution >= 4 is 10.8 Å². The van der Waals surface area contributed by atoms with Crippen molar-refractivity contribution in [1.29, 1.82) is 0 Å². The van der Waals surface area contributed by atoms with Crippen molar-refractivity contribution in [3.63, 3.8) is 0 Å². The maximum absolute atomic E-state index is 4.27. The van der Waals surface area contributed by atoms with Gasteiger partial charge in [-0.2, -0.15) is 0 Å². The molecule has 0 bridgehead atoms. The fourth-order valence-electron chi connectivity index (χ4n) is 2.32. The Balaban J connectivity index is 1.79. The molecule has 0 aliphatic carbocycles. The number of rotatable bonds is 4. The van der Waals surface area contributed by atoms with Crippen LogP contribution in [0.1, 0.15) is 24.4 Å². The Bertz CT molecular complexity index is 653. The number of hydrogen-bond acceptors (Lipinski definition) is 2. The number of aromatic amines is 1. The van der Waals surface area contributed by atoms with Gasteiger partial charge in [-0.15, -0.1) is 0 Å². The monoisotopic (exact) mass is 251 g/mol. The van der Waals surface area contributed by atoms with E-state index in [9.17, 15) is 0 Å². The van der Waals surface area contributed by atoms with Crippen LogP contribution in [-0.4, -0.2) is 9.97 Å². The smallest absolute Gasteiger partial charge is 0.122 e. The number of nitrogens with one attached hydrogen (secondary N) is 2. The van der Waals surface area contributed by atoms with Gasteiger partial charge in [0.1, 0.15) is 5.82 Å². The maximum atomic E-state index is 4.27. The zero-order valence-corrected chi connectivity index (χ0v) is 10.9. The second-order valence-corrected chi connectivity index (χ2v) is 4.72. The van der Waals surface area contributed by atoms with Crippen LogP contribution in [0.15, 0.2) is 54.9 Å². The summed E-state index contributed by atoms with van der Waals surface area (Å²) >= 11 is 0. The van der Waals surface area contributed by atoms with Crippen molar-refractivity contribution in [3.05, 3.63) is 66.2 Å². The van der Waals surface area contributed by atoms with E-state index in [1.165, 1.54) is 16.3 Å². The Morgan fingerprint density at radius 1 is 1.16 bits per heavy atom. The lowest BCUT2D eigenvalue weighted by Gasteiger charge is -2.13. The van der Waals surface area contributed by atoms with Gasteiger partial charge in [0.15, 0.2) is 0 Å². The predicted molar refractivity (Wildman–Crippen MR) is 77.8 cm³/mol. The van der Waals surface area contributed by atoms with Crippen LogP contribution < -0.4 is 5.32 Å². The molecule has 1 atom stereocenters. The molecule has 0 radical (unpaired) electrons. The van der Waals surface area contributed by atoms with Crippen LogP contribution >= 0.6 is 0 Å². The summed E-state index contributed by atoms with van der Waals surface area (Å²) in [6.45, 7) is 2.95. The van der Waals surface area contributed by atoms with Crippen LogP contribution in [0, 0.1) is 0 Å². The molecule has 0 saturated heterocycles. The molecule has 0 aliphatic rings. The second kappa shape index (κ2) is 5.24. The van der Waals surface area contributed by atoms with Gasteiger partial charge in [-0.3, -0.25) is 0 Å². The minimum Gasteiger partial charge on any atom is -0.347 e. The number of hydrogen-bond donors (Lipinski definition) is 2. The molecule has 2 N–H and O–H groups in total. The third-order valence-corrected chi connectivity index (χ3v) is 3.41. The number of H-pyrrole nitrogens is 1. The molecule has 2 aromatic carbocycles. The average molecular weight is 251 g/mol. The highest BCUT2D eigenvalue weighted by Crippen LogP contribution is 2.19. The number of imidazole rings is 1. The first-order valence-corrected chi connectivity index (χ1v) is 6.54. The average Bonchev–Trinajstić information content (AvgIpc) is 2.99. The van der Waals surface area contributed by atoms with Gasteiger partial charge in [0, 0.05) is 18.9 Å². The van der Waals surface area contributed by atoms with Crippen molar-refractivity contribution in [1.82, 2.24) is 15.3 Å². The Kier molecular flexibility index (Phi) is 3.29. The number of aromatic nitrogens is 2. The summed E-state index contributed by atoms with van der Waals surface area (Å²) in [7, 11) is 0. The third kappa shape index (κ3) is 2.51. The topological polar surface area (TPSA) is 40.7 Å². The highest BCUT2D eigenvalue weighted by Gasteiger charge is 2.07. The van der Waals surface area contributed by atoms with Crippen molar-refractivity contribution in [2.75, 3.05) is 0 Å². The van der Waals surface area contributed by atoms with Gasteiger partial charge in [0.05, 0.1) is 6.04 Å². The van der Waals surface area contributed by atoms with E-state index in [-0.39, 0.29) is 6.04 Å². The van der Waals surface area contributed by atoms with E-state index < -0.39 is 0 Å². The standard InChI is InChI=1S/C16H17N3/c1-12(16-17-9-10-18-16)19-11-14-7-4-6-13-5-2-3-8-15(13)14/h2-10,12,19H,11H2,1H3,(H,17,18). The Labute approximate surface area is 112 Å². The van der Waals surface area contributed by atoms with E-state index in [0.29, 0.717) is 0 Å². The lowest BCUT2D eigenvalue weighted by Crippen LogP contribution is -2.19. The molecule has 0 aliphatic heterocycles. The molecule has 3 rings (SSSR count). The van der Waals surface area contributed by atoms with Gasteiger partial charge in [-0.25, -0.2) is 4.98 Å². The first-order valence-electron chi connectivity index (χ1n) is 6.54. The summed E-state index contributed by atoms with van der Waals surface area (Å²) in [5, 5.41) is 6.09. The summed E-state index contributed by atoms with van der Waals surface area (Å²) < 4.78 is 0. The van der Waals surface area contributed by atoms with E-state index in [1.54, 1.807) is 6.20 Å². The molecule has 3 aromatic rings. The quantitative estimate of drug-likeness (QED) is 0.746. The van der Waals surface area contributed by atoms with Crippen molar-refractivity contribution in [2.45, 2.75) is 19.5 Å². The molecule has 3 heteroatoms. The molecular weight excluding hydrogens is 234 g/mol. The molecule has 1 heterocycles. The van der Waals surface area contributed by atoms with E-state index in [0.717, 1.165) is 12.4 Å². The molecule has 3 nitrogen and oxygen atoms in total. The summed E-state index contributed by atoms with van der Waals surface area (Å²) in [6, 6.07) is 15.1. The van der Waals surface area contributed by atoms with Gasteiger partial charge in [-0.1, -0.05) is 42.5 Å². The molecule has 96 valence electrons. The highest BCUT2D eigenvalue weighted by molar-refractivity contribution is 5.85. The van der Waals surface area contributed by atoms with Crippen molar-refractivity contribution < 1.29 is 0 Å². The zero-order chi connectivity index (χ0) is 13.1. The lowest BCUT2D eigenvalue weighted by atomic mass is 10.0. The number of fused-ring (bicyclic) bond motifs is 1. The minimum absolute atomic E-state index is 0.217. The largest absolute Gasteiger partial charge is 0.347 e. The maximum Gasteiger partial charge on any atom is 0.122 e. The zero-order valence-electron chi connectivity index (χ0n) is 10.9. The van der Waals surface area contributed by atoms with E-state index >= 15 is 0 Å². The van der Waals surface area contributed by atoms with Crippen LogP contribution in [0.4, 0.5) is 0 Å². The predicted octanol–water partition coefficient (Wildman–Crippen LogP) is 3.41. The van der Waals surface area contributed by atoms with Gasteiger partial charge in [0.2, 0.25) is 0 Å². The number of nitrogens with zero attached hydrogens (tertiary/aromatic N) is 1. The van der Waals surface area contributed by atoms with Gasteiger partial charge in [0.25, 0.3) is 0 Å². The fourth-order valence-corrected chi connectivity index (χ4v) is 2.32.